The minimum atomic E-state index is -0.0398. The quantitative estimate of drug-likeness (QED) is 0.595. The van der Waals surface area contributed by atoms with E-state index in [1.165, 1.54) is 0 Å². The van der Waals surface area contributed by atoms with Crippen molar-refractivity contribution in [1.82, 2.24) is 15.2 Å². The Morgan fingerprint density at radius 3 is 1.74 bits per heavy atom. The van der Waals surface area contributed by atoms with Crippen LogP contribution in [0.15, 0.2) is 4.79 Å². The van der Waals surface area contributed by atoms with E-state index >= 15 is 0 Å². The Labute approximate surface area is 207 Å². The van der Waals surface area contributed by atoms with E-state index in [-0.39, 0.29) is 45.4 Å². The van der Waals surface area contributed by atoms with Gasteiger partial charge in [0.2, 0.25) is 5.36 Å². The van der Waals surface area contributed by atoms with Crippen LogP contribution >= 0.6 is 0 Å². The maximum absolute atomic E-state index is 13.7. The molecular formula is C28H50N4O2. The smallest absolute Gasteiger partial charge is 0.271 e. The van der Waals surface area contributed by atoms with Gasteiger partial charge in [0.1, 0.15) is 6.54 Å². The van der Waals surface area contributed by atoms with Gasteiger partial charge in [-0.25, -0.2) is 4.58 Å². The van der Waals surface area contributed by atoms with Crippen molar-refractivity contribution >= 4 is 5.69 Å². The van der Waals surface area contributed by atoms with Crippen molar-refractivity contribution in [2.24, 2.45) is 0 Å². The van der Waals surface area contributed by atoms with Crippen molar-refractivity contribution < 1.29 is 5.11 Å². The summed E-state index contributed by atoms with van der Waals surface area (Å²) < 4.78 is 2.17. The summed E-state index contributed by atoms with van der Waals surface area (Å²) in [5, 5.41) is 21.6. The SMILES string of the molecule is CCCN(c1c([O-])c(=[N+](CCC)C2CC(C)(C)NC(C)(C)C2)c1=O)C1CC(C)(C)NC(C)(C)C1. The van der Waals surface area contributed by atoms with Gasteiger partial charge >= 0.3 is 0 Å². The molecule has 0 radical (unpaired) electrons. The van der Waals surface area contributed by atoms with Gasteiger partial charge in [-0.05, 0) is 80.4 Å². The van der Waals surface area contributed by atoms with Crippen LogP contribution in [-0.2, 0) is 0 Å². The Kier molecular flexibility index (Phi) is 7.39. The van der Waals surface area contributed by atoms with Gasteiger partial charge in [0, 0.05) is 54.0 Å². The van der Waals surface area contributed by atoms with Gasteiger partial charge in [-0.2, -0.15) is 0 Å². The summed E-state index contributed by atoms with van der Waals surface area (Å²) in [6.45, 7) is 23.5. The Bertz CT molecular complexity index is 934. The molecule has 0 amide bonds. The minimum Gasteiger partial charge on any atom is -0.866 e. The molecule has 0 unspecified atom stereocenters. The third-order valence-corrected chi connectivity index (χ3v) is 7.58. The summed E-state index contributed by atoms with van der Waals surface area (Å²) in [6.07, 6.45) is 5.52. The average Bonchev–Trinajstić information content (AvgIpc) is 2.62. The third kappa shape index (κ3) is 5.70. The molecule has 194 valence electrons. The van der Waals surface area contributed by atoms with Crippen LogP contribution in [0.1, 0.15) is 108 Å². The first-order valence-electron chi connectivity index (χ1n) is 13.5. The first-order valence-corrected chi connectivity index (χ1v) is 13.5. The number of rotatable bonds is 7. The molecule has 0 bridgehead atoms. The van der Waals surface area contributed by atoms with Crippen molar-refractivity contribution in [1.29, 1.82) is 0 Å². The van der Waals surface area contributed by atoms with Crippen LogP contribution in [0.25, 0.3) is 0 Å². The van der Waals surface area contributed by atoms with Crippen molar-refractivity contribution in [3.05, 3.63) is 15.6 Å². The zero-order valence-electron chi connectivity index (χ0n) is 23.5. The summed E-state index contributed by atoms with van der Waals surface area (Å²) in [5.41, 5.74) is 0.243. The second-order valence-electron chi connectivity index (χ2n) is 13.7. The Balaban J connectivity index is 2.06. The lowest BCUT2D eigenvalue weighted by Crippen LogP contribution is -2.65. The fourth-order valence-electron chi connectivity index (χ4n) is 7.30. The molecule has 2 aliphatic rings. The molecule has 0 spiro atoms. The zero-order chi connectivity index (χ0) is 25.7. The first kappa shape index (κ1) is 27.2. The van der Waals surface area contributed by atoms with E-state index in [0.717, 1.165) is 51.6 Å². The molecule has 2 fully saturated rings. The van der Waals surface area contributed by atoms with Crippen LogP contribution in [0.4, 0.5) is 5.69 Å². The number of hydrogen-bond donors (Lipinski definition) is 2. The number of piperidine rings is 2. The lowest BCUT2D eigenvalue weighted by Gasteiger charge is -2.50. The molecule has 34 heavy (non-hydrogen) atoms. The molecule has 6 heteroatoms. The normalized spacial score (nSPS) is 25.4. The highest BCUT2D eigenvalue weighted by molar-refractivity contribution is 5.63. The van der Waals surface area contributed by atoms with Gasteiger partial charge in [-0.3, -0.25) is 4.79 Å². The molecule has 0 aliphatic carbocycles. The van der Waals surface area contributed by atoms with E-state index in [4.69, 9.17) is 0 Å². The highest BCUT2D eigenvalue weighted by Gasteiger charge is 2.44. The predicted octanol–water partition coefficient (Wildman–Crippen LogP) is 3.01. The second kappa shape index (κ2) is 9.24. The van der Waals surface area contributed by atoms with Crippen LogP contribution in [0.3, 0.4) is 0 Å². The molecule has 2 aliphatic heterocycles. The van der Waals surface area contributed by atoms with E-state index in [9.17, 15) is 9.90 Å². The molecule has 1 aromatic rings. The molecule has 6 nitrogen and oxygen atoms in total. The minimum absolute atomic E-state index is 0.0322. The number of anilines is 1. The lowest BCUT2D eigenvalue weighted by atomic mass is 9.78. The van der Waals surface area contributed by atoms with Crippen LogP contribution < -0.4 is 36.0 Å². The molecule has 2 heterocycles. The second-order valence-corrected chi connectivity index (χ2v) is 13.7. The number of nitrogens with one attached hydrogen (secondary N) is 2. The van der Waals surface area contributed by atoms with Crippen LogP contribution in [-0.4, -0.2) is 47.3 Å². The van der Waals surface area contributed by atoms with E-state index in [0.29, 0.717) is 11.0 Å². The molecular weight excluding hydrogens is 424 g/mol. The first-order chi connectivity index (χ1) is 15.5. The molecule has 1 aromatic carbocycles. The molecule has 2 N–H and O–H groups in total. The van der Waals surface area contributed by atoms with E-state index in [1.54, 1.807) is 0 Å². The van der Waals surface area contributed by atoms with Gasteiger partial charge in [0.05, 0.1) is 5.69 Å². The fraction of sp³-hybridized carbons (Fsp3) is 0.857. The molecule has 0 saturated carbocycles. The zero-order valence-corrected chi connectivity index (χ0v) is 23.5. The van der Waals surface area contributed by atoms with E-state index in [1.807, 2.05) is 0 Å². The van der Waals surface area contributed by atoms with Crippen molar-refractivity contribution in [3.8, 4) is 5.75 Å². The van der Waals surface area contributed by atoms with Crippen LogP contribution in [0.5, 0.6) is 5.75 Å². The average molecular weight is 475 g/mol. The highest BCUT2D eigenvalue weighted by Crippen LogP contribution is 2.35. The Hall–Kier alpha value is -1.40. The van der Waals surface area contributed by atoms with Crippen molar-refractivity contribution in [2.75, 3.05) is 18.0 Å². The number of hydrogen-bond acceptors (Lipinski definition) is 5. The number of nitrogens with zero attached hydrogens (tertiary/aromatic N) is 2. The van der Waals surface area contributed by atoms with E-state index < -0.39 is 0 Å². The van der Waals surface area contributed by atoms with Crippen molar-refractivity contribution in [2.45, 2.75) is 142 Å². The lowest BCUT2D eigenvalue weighted by molar-refractivity contribution is -0.271. The molecule has 2 saturated heterocycles. The van der Waals surface area contributed by atoms with Gasteiger partial charge < -0.3 is 20.6 Å². The summed E-state index contributed by atoms with van der Waals surface area (Å²) in [5.74, 6) is -0.0322. The largest absolute Gasteiger partial charge is 0.866 e. The summed E-state index contributed by atoms with van der Waals surface area (Å²) in [6, 6.07) is 0.374. The van der Waals surface area contributed by atoms with Crippen LogP contribution in [0.2, 0.25) is 0 Å². The third-order valence-electron chi connectivity index (χ3n) is 7.58. The molecule has 3 rings (SSSR count). The molecule has 0 atom stereocenters. The van der Waals surface area contributed by atoms with Gasteiger partial charge in [-0.15, -0.1) is 0 Å². The Morgan fingerprint density at radius 2 is 1.32 bits per heavy atom. The summed E-state index contributed by atoms with van der Waals surface area (Å²) >= 11 is 0. The summed E-state index contributed by atoms with van der Waals surface area (Å²) in [7, 11) is 0. The fourth-order valence-corrected chi connectivity index (χ4v) is 7.30. The topological polar surface area (TPSA) is 70.4 Å². The maximum atomic E-state index is 13.7. The highest BCUT2D eigenvalue weighted by atomic mass is 16.3. The van der Waals surface area contributed by atoms with Gasteiger partial charge in [0.15, 0.2) is 6.04 Å². The van der Waals surface area contributed by atoms with Crippen molar-refractivity contribution in [3.63, 3.8) is 0 Å². The van der Waals surface area contributed by atoms with E-state index in [2.05, 4.69) is 89.3 Å². The maximum Gasteiger partial charge on any atom is 0.271 e. The predicted molar refractivity (Wildman–Crippen MR) is 141 cm³/mol. The Morgan fingerprint density at radius 1 is 0.853 bits per heavy atom. The van der Waals surface area contributed by atoms with Gasteiger partial charge in [0.25, 0.3) is 5.43 Å². The molecule has 0 aromatic heterocycles. The summed E-state index contributed by atoms with van der Waals surface area (Å²) in [4.78, 5) is 15.9. The standard InChI is InChI=1S/C28H50N4O2/c1-11-13-31(19-15-25(3,4)29-26(5,6)16-19)21-23(33)22(24(21)34)32(14-12-2)20-17-27(7,8)30-28(9,10)18-20/h19-20,29-30H,11-18H2,1-10H3. The monoisotopic (exact) mass is 474 g/mol. The van der Waals surface area contributed by atoms with Crippen LogP contribution in [0, 0.1) is 0 Å². The van der Waals surface area contributed by atoms with Gasteiger partial charge in [-0.1, -0.05) is 13.8 Å².